The molecule has 0 unspecified atom stereocenters. The number of hydrogen-bond donors (Lipinski definition) is 1. The molecule has 6 nitrogen and oxygen atoms in total. The molecule has 0 atom stereocenters. The van der Waals surface area contributed by atoms with Gasteiger partial charge < -0.3 is 14.6 Å². The minimum atomic E-state index is -0.492. The average molecular weight is 343 g/mol. The van der Waals surface area contributed by atoms with Crippen LogP contribution in [-0.2, 0) is 16.8 Å². The van der Waals surface area contributed by atoms with Crippen molar-refractivity contribution in [2.75, 3.05) is 26.3 Å². The number of morpholine rings is 1. The minimum absolute atomic E-state index is 0.234. The molecule has 1 aliphatic heterocycles. The van der Waals surface area contributed by atoms with Crippen molar-refractivity contribution >= 4 is 5.91 Å². The van der Waals surface area contributed by atoms with E-state index in [1.54, 1.807) is 6.07 Å². The van der Waals surface area contributed by atoms with Gasteiger partial charge in [0, 0.05) is 19.2 Å². The molecule has 1 aliphatic rings. The van der Waals surface area contributed by atoms with Crippen LogP contribution in [0.4, 0.5) is 0 Å². The average Bonchev–Trinajstić information content (AvgIpc) is 3.04. The summed E-state index contributed by atoms with van der Waals surface area (Å²) in [5, 5.41) is 6.96. The molecule has 2 aromatic rings. The number of benzene rings is 1. The molecule has 6 heteroatoms. The highest BCUT2D eigenvalue weighted by molar-refractivity contribution is 5.92. The second kappa shape index (κ2) is 7.37. The Morgan fingerprint density at radius 1 is 1.24 bits per heavy atom. The first kappa shape index (κ1) is 17.6. The van der Waals surface area contributed by atoms with Crippen LogP contribution in [0.25, 0.3) is 0 Å². The first-order valence-corrected chi connectivity index (χ1v) is 8.59. The molecule has 0 bridgehead atoms. The normalized spacial score (nSPS) is 16.0. The third-order valence-corrected chi connectivity index (χ3v) is 4.47. The van der Waals surface area contributed by atoms with Crippen molar-refractivity contribution in [3.05, 3.63) is 52.9 Å². The molecule has 1 saturated heterocycles. The Morgan fingerprint density at radius 3 is 2.60 bits per heavy atom. The molecule has 0 spiro atoms. The van der Waals surface area contributed by atoms with Crippen molar-refractivity contribution in [3.63, 3.8) is 0 Å². The van der Waals surface area contributed by atoms with Crippen LogP contribution < -0.4 is 5.32 Å². The number of carbonyl (C=O) groups excluding carboxylic acids is 1. The Balaban J connectivity index is 1.63. The second-order valence-electron chi connectivity index (χ2n) is 7.01. The van der Waals surface area contributed by atoms with E-state index in [-0.39, 0.29) is 5.91 Å². The van der Waals surface area contributed by atoms with E-state index in [9.17, 15) is 4.79 Å². The van der Waals surface area contributed by atoms with Crippen molar-refractivity contribution in [2.24, 2.45) is 0 Å². The number of aromatic nitrogens is 1. The number of rotatable bonds is 5. The highest BCUT2D eigenvalue weighted by Gasteiger charge is 2.25. The lowest BCUT2D eigenvalue weighted by molar-refractivity contribution is 0.0305. The maximum absolute atomic E-state index is 12.5. The second-order valence-corrected chi connectivity index (χ2v) is 7.01. The van der Waals surface area contributed by atoms with Gasteiger partial charge in [0.25, 0.3) is 5.91 Å². The fraction of sp³-hybridized carbons (Fsp3) is 0.474. The van der Waals surface area contributed by atoms with Crippen molar-refractivity contribution < 1.29 is 14.1 Å². The Hall–Kier alpha value is -2.18. The maximum Gasteiger partial charge on any atom is 0.274 e. The van der Waals surface area contributed by atoms with Crippen LogP contribution >= 0.6 is 0 Å². The molecule has 0 aliphatic carbocycles. The van der Waals surface area contributed by atoms with Crippen LogP contribution in [0.2, 0.25) is 0 Å². The lowest BCUT2D eigenvalue weighted by Gasteiger charge is -2.26. The van der Waals surface area contributed by atoms with E-state index < -0.39 is 5.54 Å². The quantitative estimate of drug-likeness (QED) is 0.903. The summed E-state index contributed by atoms with van der Waals surface area (Å²) in [4.78, 5) is 14.8. The van der Waals surface area contributed by atoms with Crippen LogP contribution in [0.1, 0.15) is 41.2 Å². The molecular weight excluding hydrogens is 318 g/mol. The van der Waals surface area contributed by atoms with Crippen LogP contribution in [0.15, 0.2) is 34.9 Å². The van der Waals surface area contributed by atoms with E-state index in [4.69, 9.17) is 9.26 Å². The fourth-order valence-corrected chi connectivity index (χ4v) is 2.86. The SMILES string of the molecule is Cc1ccc(C(C)(C)NC(=O)c2cc(CN3CCOCC3)on2)cc1. The molecular formula is C19H25N3O3. The van der Waals surface area contributed by atoms with Crippen LogP contribution in [0.3, 0.4) is 0 Å². The van der Waals surface area contributed by atoms with Gasteiger partial charge in [-0.25, -0.2) is 0 Å². The molecule has 134 valence electrons. The molecule has 1 N–H and O–H groups in total. The Labute approximate surface area is 148 Å². The van der Waals surface area contributed by atoms with E-state index in [1.807, 2.05) is 45.0 Å². The predicted octanol–water partition coefficient (Wildman–Crippen LogP) is 2.48. The maximum atomic E-state index is 12.5. The number of carbonyl (C=O) groups is 1. The number of aryl methyl sites for hydroxylation is 1. The Kier molecular flexibility index (Phi) is 5.20. The summed E-state index contributed by atoms with van der Waals surface area (Å²) >= 11 is 0. The number of ether oxygens (including phenoxy) is 1. The number of amides is 1. The van der Waals surface area contributed by atoms with Crippen molar-refractivity contribution in [3.8, 4) is 0 Å². The van der Waals surface area contributed by atoms with E-state index >= 15 is 0 Å². The van der Waals surface area contributed by atoms with E-state index in [1.165, 1.54) is 5.56 Å². The van der Waals surface area contributed by atoms with E-state index in [2.05, 4.69) is 15.4 Å². The van der Waals surface area contributed by atoms with Gasteiger partial charge in [0.1, 0.15) is 0 Å². The van der Waals surface area contributed by atoms with E-state index in [0.29, 0.717) is 18.0 Å². The topological polar surface area (TPSA) is 67.6 Å². The van der Waals surface area contributed by atoms with Gasteiger partial charge in [-0.3, -0.25) is 9.69 Å². The first-order chi connectivity index (χ1) is 11.9. The molecule has 1 fully saturated rings. The van der Waals surface area contributed by atoms with Gasteiger partial charge in [0.05, 0.1) is 25.3 Å². The van der Waals surface area contributed by atoms with Crippen LogP contribution in [-0.4, -0.2) is 42.3 Å². The Bertz CT molecular complexity index is 716. The molecule has 0 radical (unpaired) electrons. The zero-order valence-electron chi connectivity index (χ0n) is 15.0. The molecule has 1 aromatic heterocycles. The third-order valence-electron chi connectivity index (χ3n) is 4.47. The van der Waals surface area contributed by atoms with Gasteiger partial charge in [-0.15, -0.1) is 0 Å². The summed E-state index contributed by atoms with van der Waals surface area (Å²) in [5.74, 6) is 0.461. The molecule has 1 aromatic carbocycles. The molecule has 3 rings (SSSR count). The molecule has 25 heavy (non-hydrogen) atoms. The van der Waals surface area contributed by atoms with Gasteiger partial charge in [-0.05, 0) is 26.3 Å². The highest BCUT2D eigenvalue weighted by atomic mass is 16.5. The molecule has 2 heterocycles. The van der Waals surface area contributed by atoms with Crippen molar-refractivity contribution in [1.29, 1.82) is 0 Å². The smallest absolute Gasteiger partial charge is 0.274 e. The Morgan fingerprint density at radius 2 is 1.92 bits per heavy atom. The highest BCUT2D eigenvalue weighted by Crippen LogP contribution is 2.21. The van der Waals surface area contributed by atoms with Crippen molar-refractivity contribution in [2.45, 2.75) is 32.9 Å². The monoisotopic (exact) mass is 343 g/mol. The zero-order chi connectivity index (χ0) is 17.9. The standard InChI is InChI=1S/C19H25N3O3/c1-14-4-6-15(7-5-14)19(2,3)20-18(23)17-12-16(25-21-17)13-22-8-10-24-11-9-22/h4-7,12H,8-11,13H2,1-3H3,(H,20,23). The van der Waals surface area contributed by atoms with E-state index in [0.717, 1.165) is 31.9 Å². The summed E-state index contributed by atoms with van der Waals surface area (Å²) in [6.07, 6.45) is 0. The summed E-state index contributed by atoms with van der Waals surface area (Å²) in [6, 6.07) is 9.86. The van der Waals surface area contributed by atoms with Crippen LogP contribution in [0, 0.1) is 6.92 Å². The van der Waals surface area contributed by atoms with Gasteiger partial charge in [-0.1, -0.05) is 35.0 Å². The van der Waals surface area contributed by atoms with Gasteiger partial charge in [-0.2, -0.15) is 0 Å². The van der Waals surface area contributed by atoms with Gasteiger partial charge in [0.15, 0.2) is 11.5 Å². The van der Waals surface area contributed by atoms with Gasteiger partial charge >= 0.3 is 0 Å². The summed E-state index contributed by atoms with van der Waals surface area (Å²) in [6.45, 7) is 9.82. The summed E-state index contributed by atoms with van der Waals surface area (Å²) in [7, 11) is 0. The predicted molar refractivity (Wildman–Crippen MR) is 94.3 cm³/mol. The number of nitrogens with one attached hydrogen (secondary N) is 1. The third kappa shape index (κ3) is 4.46. The van der Waals surface area contributed by atoms with Crippen molar-refractivity contribution in [1.82, 2.24) is 15.4 Å². The number of nitrogens with zero attached hydrogens (tertiary/aromatic N) is 2. The molecule has 0 saturated carbocycles. The first-order valence-electron chi connectivity index (χ1n) is 8.59. The lowest BCUT2D eigenvalue weighted by Crippen LogP contribution is -2.41. The fourth-order valence-electron chi connectivity index (χ4n) is 2.86. The van der Waals surface area contributed by atoms with Crippen LogP contribution in [0.5, 0.6) is 0 Å². The summed E-state index contributed by atoms with van der Waals surface area (Å²) in [5.41, 5.74) is 2.05. The van der Waals surface area contributed by atoms with Gasteiger partial charge in [0.2, 0.25) is 0 Å². The number of hydrogen-bond acceptors (Lipinski definition) is 5. The largest absolute Gasteiger partial charge is 0.379 e. The minimum Gasteiger partial charge on any atom is -0.379 e. The molecule has 1 amide bonds. The zero-order valence-corrected chi connectivity index (χ0v) is 15.0. The lowest BCUT2D eigenvalue weighted by atomic mass is 9.93. The summed E-state index contributed by atoms with van der Waals surface area (Å²) < 4.78 is 10.7.